The number of ether oxygens (including phenoxy) is 1. The average Bonchev–Trinajstić information content (AvgIpc) is 2.54. The van der Waals surface area contributed by atoms with Gasteiger partial charge >= 0.3 is 0 Å². The minimum absolute atomic E-state index is 0.0508. The van der Waals surface area contributed by atoms with E-state index >= 15 is 0 Å². The van der Waals surface area contributed by atoms with Crippen LogP contribution in [0.15, 0.2) is 0 Å². The molecule has 0 fully saturated rings. The fraction of sp³-hybridized carbons (Fsp3) is 0.750. The summed E-state index contributed by atoms with van der Waals surface area (Å²) in [5.74, 6) is 0. The molecule has 4 heteroatoms. The van der Waals surface area contributed by atoms with Crippen LogP contribution in [0.25, 0.3) is 0 Å². The molecule has 0 saturated heterocycles. The van der Waals surface area contributed by atoms with Crippen molar-refractivity contribution in [3.8, 4) is 0 Å². The molecule has 0 bridgehead atoms. The molecule has 0 aromatic carbocycles. The van der Waals surface area contributed by atoms with Gasteiger partial charge in [-0.2, -0.15) is 0 Å². The van der Waals surface area contributed by atoms with Crippen LogP contribution >= 0.6 is 11.3 Å². The maximum absolute atomic E-state index is 6.15. The molecule has 3 nitrogen and oxygen atoms in total. The molecular formula is C12H22N2OS. The van der Waals surface area contributed by atoms with E-state index in [0.717, 1.165) is 30.2 Å². The van der Waals surface area contributed by atoms with Gasteiger partial charge in [0, 0.05) is 23.9 Å². The molecule has 0 aliphatic heterocycles. The van der Waals surface area contributed by atoms with E-state index < -0.39 is 0 Å². The molecule has 92 valence electrons. The zero-order valence-electron chi connectivity index (χ0n) is 10.6. The Balaban J connectivity index is 2.58. The molecule has 0 aliphatic rings. The van der Waals surface area contributed by atoms with Gasteiger partial charge in [-0.1, -0.05) is 6.92 Å². The molecule has 1 aromatic rings. The predicted octanol–water partition coefficient (Wildman–Crippen LogP) is 2.44. The van der Waals surface area contributed by atoms with Gasteiger partial charge in [0.15, 0.2) is 0 Å². The van der Waals surface area contributed by atoms with Crippen LogP contribution in [0.3, 0.4) is 0 Å². The summed E-state index contributed by atoms with van der Waals surface area (Å²) in [6.07, 6.45) is 1.92. The zero-order chi connectivity index (χ0) is 12.1. The van der Waals surface area contributed by atoms with Crippen LogP contribution in [0.4, 0.5) is 0 Å². The maximum Gasteiger partial charge on any atom is 0.0947 e. The van der Waals surface area contributed by atoms with E-state index in [1.54, 1.807) is 11.3 Å². The van der Waals surface area contributed by atoms with Gasteiger partial charge in [0.1, 0.15) is 0 Å². The molecule has 2 atom stereocenters. The lowest BCUT2D eigenvalue weighted by atomic mass is 10.1. The summed E-state index contributed by atoms with van der Waals surface area (Å²) in [6.45, 7) is 8.98. The molecule has 0 amide bonds. The highest BCUT2D eigenvalue weighted by Gasteiger charge is 2.18. The Bertz CT molecular complexity index is 305. The van der Waals surface area contributed by atoms with E-state index in [9.17, 15) is 0 Å². The van der Waals surface area contributed by atoms with Crippen molar-refractivity contribution in [3.05, 3.63) is 15.6 Å². The van der Waals surface area contributed by atoms with Crippen molar-refractivity contribution < 1.29 is 4.74 Å². The first kappa shape index (κ1) is 13.6. The van der Waals surface area contributed by atoms with Crippen molar-refractivity contribution in [2.24, 2.45) is 5.73 Å². The molecule has 0 aliphatic carbocycles. The third-order valence-electron chi connectivity index (χ3n) is 2.74. The van der Waals surface area contributed by atoms with Gasteiger partial charge in [0.25, 0.3) is 0 Å². The quantitative estimate of drug-likeness (QED) is 0.833. The smallest absolute Gasteiger partial charge is 0.0947 e. The third-order valence-corrected chi connectivity index (χ3v) is 3.84. The van der Waals surface area contributed by atoms with Crippen molar-refractivity contribution >= 4 is 11.3 Å². The summed E-state index contributed by atoms with van der Waals surface area (Å²) >= 11 is 1.74. The first-order chi connectivity index (χ1) is 7.58. The number of aromatic nitrogens is 1. The van der Waals surface area contributed by atoms with Crippen LogP contribution < -0.4 is 5.73 Å². The Labute approximate surface area is 102 Å². The molecule has 2 N–H and O–H groups in total. The molecule has 1 aromatic heterocycles. The SMILES string of the molecule is CCOC(CC)C(N)Cc1nc(C)c(C)s1. The van der Waals surface area contributed by atoms with E-state index in [0.29, 0.717) is 0 Å². The predicted molar refractivity (Wildman–Crippen MR) is 69.0 cm³/mol. The lowest BCUT2D eigenvalue weighted by Crippen LogP contribution is -2.38. The van der Waals surface area contributed by atoms with E-state index in [1.165, 1.54) is 4.88 Å². The van der Waals surface area contributed by atoms with Crippen molar-refractivity contribution in [1.82, 2.24) is 4.98 Å². The third kappa shape index (κ3) is 3.54. The second kappa shape index (κ2) is 6.33. The maximum atomic E-state index is 6.15. The summed E-state index contributed by atoms with van der Waals surface area (Å²) in [7, 11) is 0. The molecule has 0 spiro atoms. The van der Waals surface area contributed by atoms with Crippen molar-refractivity contribution in [1.29, 1.82) is 0 Å². The Morgan fingerprint density at radius 1 is 1.38 bits per heavy atom. The first-order valence-corrected chi connectivity index (χ1v) is 6.70. The van der Waals surface area contributed by atoms with Gasteiger partial charge in [0.05, 0.1) is 16.8 Å². The summed E-state index contributed by atoms with van der Waals surface area (Å²) in [6, 6.07) is 0.0508. The lowest BCUT2D eigenvalue weighted by Gasteiger charge is -2.21. The number of thiazole rings is 1. The highest BCUT2D eigenvalue weighted by Crippen LogP contribution is 2.19. The second-order valence-electron chi connectivity index (χ2n) is 4.02. The van der Waals surface area contributed by atoms with Crippen LogP contribution in [-0.2, 0) is 11.2 Å². The molecule has 0 radical (unpaired) electrons. The number of nitrogens with two attached hydrogens (primary N) is 1. The van der Waals surface area contributed by atoms with Gasteiger partial charge < -0.3 is 10.5 Å². The monoisotopic (exact) mass is 242 g/mol. The van der Waals surface area contributed by atoms with E-state index in [1.807, 2.05) is 13.8 Å². The molecule has 0 saturated carbocycles. The summed E-state index contributed by atoms with van der Waals surface area (Å²) in [5.41, 5.74) is 7.27. The Morgan fingerprint density at radius 3 is 2.50 bits per heavy atom. The highest BCUT2D eigenvalue weighted by molar-refractivity contribution is 7.11. The average molecular weight is 242 g/mol. The van der Waals surface area contributed by atoms with Gasteiger partial charge in [-0.25, -0.2) is 4.98 Å². The standard InChI is InChI=1S/C12H22N2OS/c1-5-11(15-6-2)10(13)7-12-14-8(3)9(4)16-12/h10-11H,5-7,13H2,1-4H3. The summed E-state index contributed by atoms with van der Waals surface area (Å²) in [5, 5.41) is 1.13. The largest absolute Gasteiger partial charge is 0.377 e. The Kier molecular flexibility index (Phi) is 5.38. The van der Waals surface area contributed by atoms with Gasteiger partial charge in [-0.05, 0) is 27.2 Å². The topological polar surface area (TPSA) is 48.1 Å². The molecule has 1 rings (SSSR count). The van der Waals surface area contributed by atoms with Crippen LogP contribution in [0.2, 0.25) is 0 Å². The number of aryl methyl sites for hydroxylation is 2. The highest BCUT2D eigenvalue weighted by atomic mass is 32.1. The lowest BCUT2D eigenvalue weighted by molar-refractivity contribution is 0.0417. The number of nitrogens with zero attached hydrogens (tertiary/aromatic N) is 1. The van der Waals surface area contributed by atoms with Gasteiger partial charge in [-0.3, -0.25) is 0 Å². The number of hydrogen-bond donors (Lipinski definition) is 1. The van der Waals surface area contributed by atoms with Crippen LogP contribution in [0.1, 0.15) is 35.8 Å². The molecule has 1 heterocycles. The van der Waals surface area contributed by atoms with E-state index in [-0.39, 0.29) is 12.1 Å². The summed E-state index contributed by atoms with van der Waals surface area (Å²) in [4.78, 5) is 5.79. The van der Waals surface area contributed by atoms with Crippen LogP contribution in [-0.4, -0.2) is 23.7 Å². The fourth-order valence-electron chi connectivity index (χ4n) is 1.72. The number of rotatable bonds is 6. The Morgan fingerprint density at radius 2 is 2.06 bits per heavy atom. The second-order valence-corrected chi connectivity index (χ2v) is 5.31. The zero-order valence-corrected chi connectivity index (χ0v) is 11.4. The van der Waals surface area contributed by atoms with E-state index in [4.69, 9.17) is 10.5 Å². The van der Waals surface area contributed by atoms with E-state index in [2.05, 4.69) is 18.8 Å². The molecule has 2 unspecified atom stereocenters. The number of hydrogen-bond acceptors (Lipinski definition) is 4. The van der Waals surface area contributed by atoms with Crippen molar-refractivity contribution in [2.75, 3.05) is 6.61 Å². The minimum Gasteiger partial charge on any atom is -0.377 e. The molecule has 16 heavy (non-hydrogen) atoms. The molecular weight excluding hydrogens is 220 g/mol. The van der Waals surface area contributed by atoms with Gasteiger partial charge in [0.2, 0.25) is 0 Å². The Hall–Kier alpha value is -0.450. The summed E-state index contributed by atoms with van der Waals surface area (Å²) < 4.78 is 5.61. The first-order valence-electron chi connectivity index (χ1n) is 5.88. The van der Waals surface area contributed by atoms with Crippen LogP contribution in [0.5, 0.6) is 0 Å². The van der Waals surface area contributed by atoms with Crippen molar-refractivity contribution in [2.45, 2.75) is 52.7 Å². The van der Waals surface area contributed by atoms with Gasteiger partial charge in [-0.15, -0.1) is 11.3 Å². The normalized spacial score (nSPS) is 15.1. The fourth-order valence-corrected chi connectivity index (χ4v) is 2.72. The van der Waals surface area contributed by atoms with Crippen molar-refractivity contribution in [3.63, 3.8) is 0 Å². The minimum atomic E-state index is 0.0508. The van der Waals surface area contributed by atoms with Crippen LogP contribution in [0, 0.1) is 13.8 Å².